The number of nitrogens with one attached hydrogen (secondary N) is 1. The Kier molecular flexibility index (Phi) is 6.57. The Hall–Kier alpha value is -2.51. The second-order valence-electron chi connectivity index (χ2n) is 10.8. The predicted molar refractivity (Wildman–Crippen MR) is 135 cm³/mol. The van der Waals surface area contributed by atoms with Crippen molar-refractivity contribution in [2.75, 3.05) is 32.8 Å². The Bertz CT molecular complexity index is 1180. The van der Waals surface area contributed by atoms with Gasteiger partial charge in [0.15, 0.2) is 0 Å². The number of para-hydroxylation sites is 1. The summed E-state index contributed by atoms with van der Waals surface area (Å²) in [4.78, 5) is 12.4. The molecule has 0 unspecified atom stereocenters. The molecule has 0 saturated carbocycles. The van der Waals surface area contributed by atoms with Crippen LogP contribution in [0.2, 0.25) is 0 Å². The Morgan fingerprint density at radius 2 is 2.00 bits per heavy atom. The molecule has 1 N–H and O–H groups in total. The molecule has 7 heteroatoms. The SMILES string of the molecule is CCC1CN(CCOc2cnc([C@@H]3c4[nH]c5ccccc5c4C[C@@H](C)N3CC(C)(C)F)c(F)c2)C1. The lowest BCUT2D eigenvalue weighted by Gasteiger charge is -2.42. The van der Waals surface area contributed by atoms with E-state index in [2.05, 4.69) is 34.8 Å². The van der Waals surface area contributed by atoms with Crippen LogP contribution < -0.4 is 4.74 Å². The van der Waals surface area contributed by atoms with E-state index in [4.69, 9.17) is 4.74 Å². The largest absolute Gasteiger partial charge is 0.491 e. The van der Waals surface area contributed by atoms with Crippen LogP contribution in [-0.4, -0.2) is 64.3 Å². The molecule has 35 heavy (non-hydrogen) atoms. The normalized spacial score (nSPS) is 21.8. The molecule has 0 bridgehead atoms. The molecule has 0 aliphatic carbocycles. The Balaban J connectivity index is 1.42. The van der Waals surface area contributed by atoms with Crippen LogP contribution in [0.4, 0.5) is 8.78 Å². The van der Waals surface area contributed by atoms with E-state index in [0.29, 0.717) is 18.1 Å². The average molecular weight is 483 g/mol. The molecule has 4 heterocycles. The number of halogens is 2. The van der Waals surface area contributed by atoms with Crippen molar-refractivity contribution < 1.29 is 13.5 Å². The number of likely N-dealkylation sites (tertiary alicyclic amines) is 1. The van der Waals surface area contributed by atoms with Crippen molar-refractivity contribution in [1.82, 2.24) is 19.8 Å². The molecule has 0 radical (unpaired) electrons. The highest BCUT2D eigenvalue weighted by Crippen LogP contribution is 2.42. The van der Waals surface area contributed by atoms with Gasteiger partial charge in [-0.25, -0.2) is 8.78 Å². The minimum atomic E-state index is -1.43. The third-order valence-electron chi connectivity index (χ3n) is 7.47. The van der Waals surface area contributed by atoms with Gasteiger partial charge in [-0.1, -0.05) is 31.5 Å². The van der Waals surface area contributed by atoms with Gasteiger partial charge >= 0.3 is 0 Å². The number of alkyl halides is 1. The van der Waals surface area contributed by atoms with E-state index in [1.807, 2.05) is 23.1 Å². The number of pyridine rings is 1. The summed E-state index contributed by atoms with van der Waals surface area (Å²) in [6.07, 6.45) is 3.58. The molecule has 5 nitrogen and oxygen atoms in total. The van der Waals surface area contributed by atoms with Crippen molar-refractivity contribution in [2.24, 2.45) is 5.92 Å². The number of hydrogen-bond donors (Lipinski definition) is 1. The first kappa shape index (κ1) is 24.2. The maximum atomic E-state index is 15.6. The van der Waals surface area contributed by atoms with Gasteiger partial charge in [0.1, 0.15) is 23.8 Å². The second kappa shape index (κ2) is 9.51. The fourth-order valence-electron chi connectivity index (χ4n) is 5.60. The third kappa shape index (κ3) is 4.94. The summed E-state index contributed by atoms with van der Waals surface area (Å²) in [6, 6.07) is 9.07. The number of aromatic nitrogens is 2. The maximum absolute atomic E-state index is 15.6. The van der Waals surface area contributed by atoms with E-state index in [1.165, 1.54) is 12.5 Å². The van der Waals surface area contributed by atoms with Crippen molar-refractivity contribution >= 4 is 10.9 Å². The summed E-state index contributed by atoms with van der Waals surface area (Å²) in [5.74, 6) is 0.790. The zero-order valence-corrected chi connectivity index (χ0v) is 21.2. The number of aromatic amines is 1. The van der Waals surface area contributed by atoms with E-state index in [-0.39, 0.29) is 12.6 Å². The summed E-state index contributed by atoms with van der Waals surface area (Å²) in [5.41, 5.74) is 1.94. The second-order valence-corrected chi connectivity index (χ2v) is 10.8. The van der Waals surface area contributed by atoms with E-state index in [1.54, 1.807) is 20.0 Å². The molecular weight excluding hydrogens is 446 g/mol. The highest BCUT2D eigenvalue weighted by atomic mass is 19.1. The van der Waals surface area contributed by atoms with Gasteiger partial charge in [0.25, 0.3) is 0 Å². The van der Waals surface area contributed by atoms with Crippen LogP contribution >= 0.6 is 0 Å². The average Bonchev–Trinajstić information content (AvgIpc) is 3.13. The molecule has 1 fully saturated rings. The monoisotopic (exact) mass is 482 g/mol. The molecule has 0 spiro atoms. The number of nitrogens with zero attached hydrogens (tertiary/aromatic N) is 3. The maximum Gasteiger partial charge on any atom is 0.150 e. The Morgan fingerprint density at radius 1 is 1.23 bits per heavy atom. The molecule has 3 aromatic rings. The van der Waals surface area contributed by atoms with Crippen molar-refractivity contribution in [2.45, 2.75) is 58.3 Å². The highest BCUT2D eigenvalue weighted by molar-refractivity contribution is 5.85. The number of ether oxygens (including phenoxy) is 1. The Morgan fingerprint density at radius 3 is 2.71 bits per heavy atom. The van der Waals surface area contributed by atoms with Crippen molar-refractivity contribution in [3.8, 4) is 5.75 Å². The van der Waals surface area contributed by atoms with E-state index < -0.39 is 17.5 Å². The standard InChI is InChI=1S/C28H36F2N4O/c1-5-19-15-33(16-19)10-11-35-20-13-23(29)26(31-14-20)27-25-22(21-8-6-7-9-24(21)32-25)12-18(2)34(27)17-28(3,4)30/h6-9,13-14,18-19,27,32H,5,10-12,15-17H2,1-4H3/t18-,27+/m1/s1. The van der Waals surface area contributed by atoms with Crippen molar-refractivity contribution in [1.29, 1.82) is 0 Å². The van der Waals surface area contributed by atoms with Gasteiger partial charge in [-0.3, -0.25) is 14.8 Å². The number of benzene rings is 1. The minimum Gasteiger partial charge on any atom is -0.491 e. The summed E-state index contributed by atoms with van der Waals surface area (Å²) in [7, 11) is 0. The highest BCUT2D eigenvalue weighted by Gasteiger charge is 2.40. The van der Waals surface area contributed by atoms with Crippen LogP contribution in [0.25, 0.3) is 10.9 Å². The number of hydrogen-bond acceptors (Lipinski definition) is 4. The summed E-state index contributed by atoms with van der Waals surface area (Å²) in [5, 5.41) is 1.13. The molecular formula is C28H36F2N4O. The van der Waals surface area contributed by atoms with Gasteiger partial charge in [0.05, 0.1) is 17.9 Å². The van der Waals surface area contributed by atoms with Gasteiger partial charge in [-0.2, -0.15) is 0 Å². The van der Waals surface area contributed by atoms with Gasteiger partial charge in [0, 0.05) is 54.9 Å². The minimum absolute atomic E-state index is 0.0299. The van der Waals surface area contributed by atoms with Crippen LogP contribution in [0.15, 0.2) is 36.5 Å². The zero-order chi connectivity index (χ0) is 24.7. The lowest BCUT2D eigenvalue weighted by molar-refractivity contribution is 0.0639. The first-order chi connectivity index (χ1) is 16.7. The lowest BCUT2D eigenvalue weighted by Crippen LogP contribution is -2.48. The molecule has 1 saturated heterocycles. The van der Waals surface area contributed by atoms with Gasteiger partial charge in [-0.15, -0.1) is 0 Å². The van der Waals surface area contributed by atoms with Gasteiger partial charge in [0.2, 0.25) is 0 Å². The molecule has 0 amide bonds. The van der Waals surface area contributed by atoms with Crippen LogP contribution in [0.1, 0.15) is 57.1 Å². The van der Waals surface area contributed by atoms with E-state index in [9.17, 15) is 4.39 Å². The van der Waals surface area contributed by atoms with Crippen LogP contribution in [0.5, 0.6) is 5.75 Å². The predicted octanol–water partition coefficient (Wildman–Crippen LogP) is 5.51. The fraction of sp³-hybridized carbons (Fsp3) is 0.536. The molecule has 5 rings (SSSR count). The molecule has 2 aliphatic rings. The van der Waals surface area contributed by atoms with Gasteiger partial charge in [-0.05, 0) is 44.7 Å². The number of rotatable bonds is 8. The zero-order valence-electron chi connectivity index (χ0n) is 21.2. The lowest BCUT2D eigenvalue weighted by atomic mass is 9.89. The van der Waals surface area contributed by atoms with Crippen LogP contribution in [0.3, 0.4) is 0 Å². The summed E-state index contributed by atoms with van der Waals surface area (Å²) < 4.78 is 36.3. The fourth-order valence-corrected chi connectivity index (χ4v) is 5.60. The quantitative estimate of drug-likeness (QED) is 0.460. The number of fused-ring (bicyclic) bond motifs is 3. The smallest absolute Gasteiger partial charge is 0.150 e. The van der Waals surface area contributed by atoms with E-state index >= 15 is 4.39 Å². The van der Waals surface area contributed by atoms with Crippen molar-refractivity contribution in [3.63, 3.8) is 0 Å². The summed E-state index contributed by atoms with van der Waals surface area (Å²) in [6.45, 7) is 11.2. The van der Waals surface area contributed by atoms with Crippen molar-refractivity contribution in [3.05, 3.63) is 59.3 Å². The summed E-state index contributed by atoms with van der Waals surface area (Å²) >= 11 is 0. The molecule has 1 aromatic carbocycles. The first-order valence-electron chi connectivity index (χ1n) is 12.8. The van der Waals surface area contributed by atoms with Gasteiger partial charge < -0.3 is 9.72 Å². The number of H-pyrrole nitrogens is 1. The van der Waals surface area contributed by atoms with Crippen LogP contribution in [0, 0.1) is 11.7 Å². The first-order valence-corrected chi connectivity index (χ1v) is 12.8. The van der Waals surface area contributed by atoms with E-state index in [0.717, 1.165) is 54.1 Å². The molecule has 188 valence electrons. The third-order valence-corrected chi connectivity index (χ3v) is 7.47. The molecule has 2 aromatic heterocycles. The molecule has 2 aliphatic heterocycles. The van der Waals surface area contributed by atoms with Crippen LogP contribution in [-0.2, 0) is 6.42 Å². The Labute approximate surface area is 206 Å². The topological polar surface area (TPSA) is 44.4 Å². The molecule has 2 atom stereocenters.